The summed E-state index contributed by atoms with van der Waals surface area (Å²) in [6, 6.07) is 17.0. The van der Waals surface area contributed by atoms with Gasteiger partial charge in [0, 0.05) is 25.2 Å². The van der Waals surface area contributed by atoms with E-state index >= 15 is 0 Å². The number of likely N-dealkylation sites (tertiary alicyclic amines) is 1. The molecule has 2 heterocycles. The molecular formula is C25H27NO3. The maximum absolute atomic E-state index is 11.2. The second kappa shape index (κ2) is 7.34. The fourth-order valence-corrected chi connectivity index (χ4v) is 4.96. The second-order valence-corrected chi connectivity index (χ2v) is 8.77. The summed E-state index contributed by atoms with van der Waals surface area (Å²) in [5, 5.41) is 9.21. The molecule has 150 valence electrons. The number of ether oxygens (including phenoxy) is 1. The molecule has 0 bridgehead atoms. The Hall–Kier alpha value is -2.59. The van der Waals surface area contributed by atoms with Gasteiger partial charge in [-0.25, -0.2) is 0 Å². The van der Waals surface area contributed by atoms with Crippen molar-refractivity contribution in [2.24, 2.45) is 5.41 Å². The molecule has 2 aromatic rings. The third-order valence-corrected chi connectivity index (χ3v) is 6.68. The van der Waals surface area contributed by atoms with Gasteiger partial charge in [0.05, 0.1) is 6.42 Å². The highest BCUT2D eigenvalue weighted by molar-refractivity contribution is 5.87. The van der Waals surface area contributed by atoms with Crippen LogP contribution in [0.3, 0.4) is 0 Å². The minimum Gasteiger partial charge on any atom is -0.488 e. The van der Waals surface area contributed by atoms with Crippen LogP contribution in [-0.4, -0.2) is 35.6 Å². The lowest BCUT2D eigenvalue weighted by atomic mass is 9.86. The predicted molar refractivity (Wildman–Crippen MR) is 113 cm³/mol. The van der Waals surface area contributed by atoms with Gasteiger partial charge in [-0.3, -0.25) is 4.79 Å². The fraction of sp³-hybridized carbons (Fsp3) is 0.400. The molecule has 1 aliphatic carbocycles. The maximum Gasteiger partial charge on any atom is 0.303 e. The monoisotopic (exact) mass is 389 g/mol. The van der Waals surface area contributed by atoms with Crippen LogP contribution in [-0.2, 0) is 11.4 Å². The van der Waals surface area contributed by atoms with Crippen molar-refractivity contribution >= 4 is 11.5 Å². The van der Waals surface area contributed by atoms with Crippen LogP contribution in [0.15, 0.2) is 54.1 Å². The number of carboxylic acids is 1. The van der Waals surface area contributed by atoms with E-state index in [1.807, 2.05) is 6.07 Å². The number of hydrogen-bond donors (Lipinski definition) is 1. The standard InChI is InChI=1S/C25H27NO3/c27-23(28)15-25(11-12-25)17-26-13-9-18(10-14-26)24-20-6-2-1-5-19(20)16-29-22-8-4-3-7-21(22)24/h1-8H,9-17H2,(H,27,28). The molecule has 0 unspecified atom stereocenters. The van der Waals surface area contributed by atoms with Gasteiger partial charge in [0.25, 0.3) is 0 Å². The zero-order chi connectivity index (χ0) is 19.8. The molecule has 4 heteroatoms. The molecule has 0 amide bonds. The van der Waals surface area contributed by atoms with Gasteiger partial charge in [-0.2, -0.15) is 0 Å². The number of fused-ring (bicyclic) bond motifs is 2. The van der Waals surface area contributed by atoms with E-state index in [1.165, 1.54) is 27.8 Å². The molecule has 2 fully saturated rings. The largest absolute Gasteiger partial charge is 0.488 e. The molecule has 0 spiro atoms. The minimum atomic E-state index is -0.658. The lowest BCUT2D eigenvalue weighted by molar-refractivity contribution is -0.138. The van der Waals surface area contributed by atoms with Gasteiger partial charge in [-0.15, -0.1) is 0 Å². The van der Waals surface area contributed by atoms with Gasteiger partial charge in [0.15, 0.2) is 0 Å². The van der Waals surface area contributed by atoms with Crippen LogP contribution in [0.4, 0.5) is 0 Å². The quantitative estimate of drug-likeness (QED) is 0.821. The molecule has 0 radical (unpaired) electrons. The van der Waals surface area contributed by atoms with Crippen LogP contribution in [0.5, 0.6) is 5.75 Å². The van der Waals surface area contributed by atoms with E-state index in [9.17, 15) is 9.90 Å². The van der Waals surface area contributed by atoms with Gasteiger partial charge in [0.2, 0.25) is 0 Å². The fourth-order valence-electron chi connectivity index (χ4n) is 4.96. The predicted octanol–water partition coefficient (Wildman–Crippen LogP) is 4.73. The zero-order valence-electron chi connectivity index (χ0n) is 16.7. The molecule has 1 saturated carbocycles. The Balaban J connectivity index is 1.43. The third kappa shape index (κ3) is 3.69. The van der Waals surface area contributed by atoms with Crippen molar-refractivity contribution in [3.63, 3.8) is 0 Å². The topological polar surface area (TPSA) is 49.8 Å². The Labute approximate surface area is 171 Å². The molecule has 2 aromatic carbocycles. The van der Waals surface area contributed by atoms with Crippen LogP contribution in [0.1, 0.15) is 48.8 Å². The van der Waals surface area contributed by atoms with Crippen molar-refractivity contribution in [3.8, 4) is 5.75 Å². The summed E-state index contributed by atoms with van der Waals surface area (Å²) >= 11 is 0. The average Bonchev–Trinajstić information content (AvgIpc) is 3.49. The van der Waals surface area contributed by atoms with Gasteiger partial charge in [-0.05, 0) is 53.9 Å². The first-order chi connectivity index (χ1) is 14.1. The number of nitrogens with zero attached hydrogens (tertiary/aromatic N) is 1. The molecule has 4 nitrogen and oxygen atoms in total. The smallest absolute Gasteiger partial charge is 0.303 e. The van der Waals surface area contributed by atoms with Crippen molar-refractivity contribution in [1.82, 2.24) is 4.90 Å². The minimum absolute atomic E-state index is 0.0336. The first-order valence-electron chi connectivity index (χ1n) is 10.6. The third-order valence-electron chi connectivity index (χ3n) is 6.68. The number of carbonyl (C=O) groups is 1. The summed E-state index contributed by atoms with van der Waals surface area (Å²) in [5.41, 5.74) is 6.61. The van der Waals surface area contributed by atoms with Gasteiger partial charge >= 0.3 is 5.97 Å². The number of hydrogen-bond acceptors (Lipinski definition) is 3. The Kier molecular flexibility index (Phi) is 4.67. The van der Waals surface area contributed by atoms with Gasteiger partial charge in [-0.1, -0.05) is 48.0 Å². The SMILES string of the molecule is O=C(O)CC1(CN2CCC(=C3c4ccccc4COc4ccccc43)CC2)CC1. The zero-order valence-corrected chi connectivity index (χ0v) is 16.7. The Morgan fingerprint density at radius 2 is 1.69 bits per heavy atom. The Morgan fingerprint density at radius 3 is 2.41 bits per heavy atom. The molecule has 3 aliphatic rings. The number of aliphatic carboxylic acids is 1. The van der Waals surface area contributed by atoms with Crippen molar-refractivity contribution < 1.29 is 14.6 Å². The van der Waals surface area contributed by atoms with E-state index in [2.05, 4.69) is 47.4 Å². The highest BCUT2D eigenvalue weighted by Gasteiger charge is 2.45. The summed E-state index contributed by atoms with van der Waals surface area (Å²) in [5.74, 6) is 0.306. The van der Waals surface area contributed by atoms with Crippen molar-refractivity contribution in [2.45, 2.75) is 38.7 Å². The van der Waals surface area contributed by atoms with E-state index in [0.717, 1.165) is 51.1 Å². The summed E-state index contributed by atoms with van der Waals surface area (Å²) in [7, 11) is 0. The molecule has 0 atom stereocenters. The number of piperidine rings is 1. The summed E-state index contributed by atoms with van der Waals surface area (Å²) in [4.78, 5) is 13.7. The average molecular weight is 389 g/mol. The van der Waals surface area contributed by atoms with Crippen LogP contribution >= 0.6 is 0 Å². The van der Waals surface area contributed by atoms with Crippen molar-refractivity contribution in [1.29, 1.82) is 0 Å². The summed E-state index contributed by atoms with van der Waals surface area (Å²) in [6.07, 6.45) is 4.49. The number of rotatable bonds is 4. The Morgan fingerprint density at radius 1 is 1.00 bits per heavy atom. The number of carboxylic acid groups (broad SMARTS) is 1. The Bertz CT molecular complexity index is 914. The molecule has 29 heavy (non-hydrogen) atoms. The highest BCUT2D eigenvalue weighted by atomic mass is 16.5. The van der Waals surface area contributed by atoms with Crippen molar-refractivity contribution in [3.05, 3.63) is 70.8 Å². The first-order valence-corrected chi connectivity index (χ1v) is 10.6. The van der Waals surface area contributed by atoms with Gasteiger partial charge < -0.3 is 14.7 Å². The van der Waals surface area contributed by atoms with Crippen LogP contribution in [0, 0.1) is 5.41 Å². The number of para-hydroxylation sites is 1. The second-order valence-electron chi connectivity index (χ2n) is 8.77. The number of benzene rings is 2. The molecule has 1 N–H and O–H groups in total. The van der Waals surface area contributed by atoms with E-state index < -0.39 is 5.97 Å². The summed E-state index contributed by atoms with van der Waals surface area (Å²) < 4.78 is 6.13. The highest BCUT2D eigenvalue weighted by Crippen LogP contribution is 2.50. The molecule has 1 saturated heterocycles. The lowest BCUT2D eigenvalue weighted by Crippen LogP contribution is -2.36. The molecule has 2 aliphatic heterocycles. The van der Waals surface area contributed by atoms with E-state index in [-0.39, 0.29) is 5.41 Å². The first kappa shape index (κ1) is 18.4. The van der Waals surface area contributed by atoms with E-state index in [4.69, 9.17) is 4.74 Å². The van der Waals surface area contributed by atoms with Gasteiger partial charge in [0.1, 0.15) is 12.4 Å². The summed E-state index contributed by atoms with van der Waals surface area (Å²) in [6.45, 7) is 3.54. The molecule has 0 aromatic heterocycles. The van der Waals surface area contributed by atoms with Crippen molar-refractivity contribution in [2.75, 3.05) is 19.6 Å². The van der Waals surface area contributed by atoms with Crippen LogP contribution in [0.25, 0.3) is 5.57 Å². The van der Waals surface area contributed by atoms with E-state index in [0.29, 0.717) is 13.0 Å². The molecular weight excluding hydrogens is 362 g/mol. The lowest BCUT2D eigenvalue weighted by Gasteiger charge is -2.32. The van der Waals surface area contributed by atoms with Crippen LogP contribution in [0.2, 0.25) is 0 Å². The van der Waals surface area contributed by atoms with E-state index in [1.54, 1.807) is 0 Å². The normalized spacial score (nSPS) is 20.3. The van der Waals surface area contributed by atoms with Crippen LogP contribution < -0.4 is 4.74 Å². The maximum atomic E-state index is 11.2. The molecule has 5 rings (SSSR count).